The van der Waals surface area contributed by atoms with E-state index in [0.717, 1.165) is 10.8 Å². The number of fused-ring (bicyclic) bond motifs is 1. The van der Waals surface area contributed by atoms with Crippen LogP contribution in [-0.2, 0) is 0 Å². The van der Waals surface area contributed by atoms with Crippen LogP contribution in [-0.4, -0.2) is 11.9 Å². The molecule has 0 aliphatic rings. The van der Waals surface area contributed by atoms with Crippen LogP contribution in [0.5, 0.6) is 0 Å². The van der Waals surface area contributed by atoms with Gasteiger partial charge in [0.1, 0.15) is 0 Å². The maximum atomic E-state index is 13.7. The summed E-state index contributed by atoms with van der Waals surface area (Å²) in [5.41, 5.74) is 0.867. The Morgan fingerprint density at radius 3 is 2.25 bits per heavy atom. The van der Waals surface area contributed by atoms with Gasteiger partial charge in [-0.15, -0.1) is 0 Å². The summed E-state index contributed by atoms with van der Waals surface area (Å²) in [6.07, 6.45) is -1.14. The number of amides is 1. The van der Waals surface area contributed by atoms with E-state index in [2.05, 4.69) is 5.32 Å². The first-order chi connectivity index (χ1) is 13.5. The predicted octanol–water partition coefficient (Wildman–Crippen LogP) is 6.70. The first-order valence-corrected chi connectivity index (χ1v) is 9.45. The van der Waals surface area contributed by atoms with Crippen LogP contribution in [0, 0.1) is 0 Å². The molecule has 144 valence electrons. The molecule has 0 heterocycles. The molecule has 3 aromatic carbocycles. The van der Waals surface area contributed by atoms with Crippen molar-refractivity contribution in [1.29, 1.82) is 0 Å². The van der Waals surface area contributed by atoms with Gasteiger partial charge in [0.25, 0.3) is 12.0 Å². The van der Waals surface area contributed by atoms with Crippen LogP contribution in [0.1, 0.15) is 35.7 Å². The Balaban J connectivity index is 1.80. The van der Waals surface area contributed by atoms with E-state index in [9.17, 15) is 13.6 Å². The average Bonchev–Trinajstić information content (AvgIpc) is 2.70. The second-order valence-electron chi connectivity index (χ2n) is 6.59. The molecular formula is C23H20ClF2NO. The average molecular weight is 400 g/mol. The third kappa shape index (κ3) is 4.76. The Bertz CT molecular complexity index is 1010. The van der Waals surface area contributed by atoms with Crippen LogP contribution in [0.4, 0.5) is 8.78 Å². The highest BCUT2D eigenvalue weighted by molar-refractivity contribution is 6.30. The van der Waals surface area contributed by atoms with Gasteiger partial charge in [0.2, 0.25) is 0 Å². The molecule has 28 heavy (non-hydrogen) atoms. The molecule has 0 spiro atoms. The maximum Gasteiger partial charge on any atom is 0.274 e. The first-order valence-electron chi connectivity index (χ1n) is 9.07. The highest BCUT2D eigenvalue weighted by atomic mass is 35.5. The second-order valence-corrected chi connectivity index (χ2v) is 7.03. The van der Waals surface area contributed by atoms with Crippen LogP contribution >= 0.6 is 11.6 Å². The molecule has 3 rings (SSSR count). The number of rotatable bonds is 6. The third-order valence-electron chi connectivity index (χ3n) is 4.71. The van der Waals surface area contributed by atoms with Gasteiger partial charge < -0.3 is 5.32 Å². The van der Waals surface area contributed by atoms with E-state index in [1.54, 1.807) is 36.4 Å². The van der Waals surface area contributed by atoms with Crippen LogP contribution in [0.25, 0.3) is 16.3 Å². The van der Waals surface area contributed by atoms with Gasteiger partial charge in [-0.1, -0.05) is 54.9 Å². The molecule has 0 aliphatic carbocycles. The van der Waals surface area contributed by atoms with Gasteiger partial charge in [0, 0.05) is 22.2 Å². The summed E-state index contributed by atoms with van der Waals surface area (Å²) in [6, 6.07) is 19.0. The molecule has 0 radical (unpaired) electrons. The summed E-state index contributed by atoms with van der Waals surface area (Å²) in [5, 5.41) is 5.27. The van der Waals surface area contributed by atoms with Crippen molar-refractivity contribution in [3.63, 3.8) is 0 Å². The number of hydrogen-bond acceptors (Lipinski definition) is 1. The van der Waals surface area contributed by atoms with Crippen LogP contribution < -0.4 is 5.32 Å². The Labute approximate surface area is 167 Å². The Morgan fingerprint density at radius 2 is 1.61 bits per heavy atom. The van der Waals surface area contributed by atoms with E-state index in [1.165, 1.54) is 0 Å². The van der Waals surface area contributed by atoms with Gasteiger partial charge in [-0.3, -0.25) is 4.79 Å². The standard InChI is InChI=1S/C23H20ClF2NO/c1-2-20(27-23(28)16-9-11-19(24)12-10-16)14-21(22(25)26)18-8-7-15-5-3-4-6-17(15)13-18/h3-13,20H,2,14H2,1H3,(H,27,28). The Kier molecular flexibility index (Phi) is 6.42. The van der Waals surface area contributed by atoms with E-state index in [4.69, 9.17) is 11.6 Å². The molecule has 1 amide bonds. The van der Waals surface area contributed by atoms with Crippen LogP contribution in [0.3, 0.4) is 0 Å². The van der Waals surface area contributed by atoms with Gasteiger partial charge >= 0.3 is 0 Å². The fraction of sp³-hybridized carbons (Fsp3) is 0.174. The van der Waals surface area contributed by atoms with Gasteiger partial charge in [0.15, 0.2) is 0 Å². The zero-order valence-corrected chi connectivity index (χ0v) is 16.1. The Hall–Kier alpha value is -2.72. The van der Waals surface area contributed by atoms with Crippen LogP contribution in [0.15, 0.2) is 72.8 Å². The zero-order chi connectivity index (χ0) is 20.1. The summed E-state index contributed by atoms with van der Waals surface area (Å²) in [7, 11) is 0. The number of nitrogens with one attached hydrogen (secondary N) is 1. The summed E-state index contributed by atoms with van der Waals surface area (Å²) in [4.78, 5) is 12.4. The predicted molar refractivity (Wildman–Crippen MR) is 111 cm³/mol. The number of halogens is 3. The summed E-state index contributed by atoms with van der Waals surface area (Å²) < 4.78 is 27.5. The third-order valence-corrected chi connectivity index (χ3v) is 4.96. The molecule has 1 N–H and O–H groups in total. The molecule has 3 aromatic rings. The molecule has 5 heteroatoms. The number of benzene rings is 3. The topological polar surface area (TPSA) is 29.1 Å². The minimum atomic E-state index is -1.73. The molecule has 0 bridgehead atoms. The lowest BCUT2D eigenvalue weighted by atomic mass is 9.96. The fourth-order valence-electron chi connectivity index (χ4n) is 3.09. The fourth-order valence-corrected chi connectivity index (χ4v) is 3.22. The van der Waals surface area contributed by atoms with Crippen molar-refractivity contribution < 1.29 is 13.6 Å². The molecule has 0 aliphatic heterocycles. The van der Waals surface area contributed by atoms with Gasteiger partial charge in [-0.2, -0.15) is 8.78 Å². The van der Waals surface area contributed by atoms with E-state index in [-0.39, 0.29) is 17.9 Å². The van der Waals surface area contributed by atoms with E-state index >= 15 is 0 Å². The lowest BCUT2D eigenvalue weighted by Gasteiger charge is -2.19. The van der Waals surface area contributed by atoms with Crippen molar-refractivity contribution in [2.45, 2.75) is 25.8 Å². The molecule has 1 atom stereocenters. The molecule has 0 aromatic heterocycles. The Morgan fingerprint density at radius 1 is 0.964 bits per heavy atom. The largest absolute Gasteiger partial charge is 0.349 e. The molecule has 0 saturated carbocycles. The van der Waals surface area contributed by atoms with Crippen molar-refractivity contribution in [3.8, 4) is 0 Å². The summed E-state index contributed by atoms with van der Waals surface area (Å²) >= 11 is 5.84. The quantitative estimate of drug-likeness (QED) is 0.491. The van der Waals surface area contributed by atoms with E-state index < -0.39 is 12.1 Å². The minimum Gasteiger partial charge on any atom is -0.349 e. The lowest BCUT2D eigenvalue weighted by molar-refractivity contribution is 0.0936. The van der Waals surface area contributed by atoms with E-state index in [0.29, 0.717) is 22.6 Å². The van der Waals surface area contributed by atoms with Crippen LogP contribution in [0.2, 0.25) is 5.02 Å². The van der Waals surface area contributed by atoms with Gasteiger partial charge in [-0.05, 0) is 59.5 Å². The highest BCUT2D eigenvalue weighted by Crippen LogP contribution is 2.29. The van der Waals surface area contributed by atoms with Gasteiger partial charge in [-0.25, -0.2) is 0 Å². The smallest absolute Gasteiger partial charge is 0.274 e. The number of carbonyl (C=O) groups excluding carboxylic acids is 1. The summed E-state index contributed by atoms with van der Waals surface area (Å²) in [5.74, 6) is -0.305. The zero-order valence-electron chi connectivity index (χ0n) is 15.4. The molecule has 2 nitrogen and oxygen atoms in total. The monoisotopic (exact) mass is 399 g/mol. The summed E-state index contributed by atoms with van der Waals surface area (Å²) in [6.45, 7) is 1.86. The molecular weight excluding hydrogens is 380 g/mol. The SMILES string of the molecule is CCC(CC(=C(F)F)c1ccc2ccccc2c1)NC(=O)c1ccc(Cl)cc1. The molecule has 0 fully saturated rings. The number of hydrogen-bond donors (Lipinski definition) is 1. The maximum absolute atomic E-state index is 13.7. The minimum absolute atomic E-state index is 0.0472. The van der Waals surface area contributed by atoms with Gasteiger partial charge in [0.05, 0.1) is 0 Å². The number of carbonyl (C=O) groups is 1. The molecule has 0 saturated heterocycles. The second kappa shape index (κ2) is 8.98. The lowest BCUT2D eigenvalue weighted by Crippen LogP contribution is -2.34. The van der Waals surface area contributed by atoms with Crippen molar-refractivity contribution in [1.82, 2.24) is 5.32 Å². The van der Waals surface area contributed by atoms with Crippen molar-refractivity contribution >= 4 is 33.9 Å². The first kappa shape index (κ1) is 20.0. The highest BCUT2D eigenvalue weighted by Gasteiger charge is 2.18. The van der Waals surface area contributed by atoms with E-state index in [1.807, 2.05) is 37.3 Å². The van der Waals surface area contributed by atoms with Crippen molar-refractivity contribution in [3.05, 3.63) is 89.0 Å². The molecule has 1 unspecified atom stereocenters. The van der Waals surface area contributed by atoms with Crippen molar-refractivity contribution in [2.24, 2.45) is 0 Å². The normalized spacial score (nSPS) is 11.9. The van der Waals surface area contributed by atoms with Crippen molar-refractivity contribution in [2.75, 3.05) is 0 Å².